The zero-order valence-corrected chi connectivity index (χ0v) is 8.87. The monoisotopic (exact) mass is 189 g/mol. The van der Waals surface area contributed by atoms with E-state index in [-0.39, 0.29) is 0 Å². The van der Waals surface area contributed by atoms with Crippen LogP contribution in [-0.4, -0.2) is 6.54 Å². The summed E-state index contributed by atoms with van der Waals surface area (Å²) in [6.07, 6.45) is 4.17. The third kappa shape index (κ3) is 1.83. The summed E-state index contributed by atoms with van der Waals surface area (Å²) in [5.74, 6) is 1.34. The predicted octanol–water partition coefficient (Wildman–Crippen LogP) is 3.02. The van der Waals surface area contributed by atoms with Gasteiger partial charge in [0.15, 0.2) is 0 Å². The van der Waals surface area contributed by atoms with Gasteiger partial charge >= 0.3 is 0 Å². The lowest BCUT2D eigenvalue weighted by molar-refractivity contribution is 0.419. The molecule has 0 saturated heterocycles. The molecule has 0 heterocycles. The average molecular weight is 189 g/mol. The molecule has 0 aliphatic heterocycles. The fourth-order valence-electron chi connectivity index (χ4n) is 1.97. The second-order valence-corrected chi connectivity index (χ2v) is 4.43. The molecule has 1 nitrogen and oxygen atoms in total. The van der Waals surface area contributed by atoms with Gasteiger partial charge in [0, 0.05) is 0 Å². The van der Waals surface area contributed by atoms with Gasteiger partial charge in [0.25, 0.3) is 0 Å². The van der Waals surface area contributed by atoms with E-state index in [1.807, 2.05) is 0 Å². The van der Waals surface area contributed by atoms with Crippen LogP contribution in [-0.2, 0) is 0 Å². The zero-order valence-electron chi connectivity index (χ0n) is 8.87. The van der Waals surface area contributed by atoms with E-state index >= 15 is 0 Å². The Balaban J connectivity index is 2.09. The molecule has 1 heteroatoms. The Kier molecular flexibility index (Phi) is 2.87. The molecule has 2 rings (SSSR count). The van der Waals surface area contributed by atoms with Gasteiger partial charge in [-0.05, 0) is 42.3 Å². The van der Waals surface area contributed by atoms with Gasteiger partial charge in [0.2, 0.25) is 0 Å². The first-order valence-corrected chi connectivity index (χ1v) is 5.61. The second kappa shape index (κ2) is 4.14. The van der Waals surface area contributed by atoms with Crippen molar-refractivity contribution in [1.29, 1.82) is 0 Å². The van der Waals surface area contributed by atoms with Gasteiger partial charge in [0.1, 0.15) is 0 Å². The van der Waals surface area contributed by atoms with Crippen molar-refractivity contribution in [3.63, 3.8) is 0 Å². The van der Waals surface area contributed by atoms with Crippen LogP contribution in [0.1, 0.15) is 49.1 Å². The van der Waals surface area contributed by atoms with E-state index in [1.165, 1.54) is 30.4 Å². The lowest BCUT2D eigenvalue weighted by Crippen LogP contribution is -2.10. The maximum absolute atomic E-state index is 5.64. The topological polar surface area (TPSA) is 26.0 Å². The van der Waals surface area contributed by atoms with Crippen LogP contribution in [0.2, 0.25) is 0 Å². The highest BCUT2D eigenvalue weighted by Crippen LogP contribution is 2.36. The number of rotatable bonds is 3. The minimum Gasteiger partial charge on any atom is -0.330 e. The minimum atomic E-state index is 0.491. The van der Waals surface area contributed by atoms with Crippen LogP contribution in [0.3, 0.4) is 0 Å². The fourth-order valence-corrected chi connectivity index (χ4v) is 1.97. The van der Waals surface area contributed by atoms with Crippen molar-refractivity contribution in [2.24, 2.45) is 5.73 Å². The zero-order chi connectivity index (χ0) is 9.97. The smallest absolute Gasteiger partial charge is 0.00109 e. The lowest BCUT2D eigenvalue weighted by Gasteiger charge is -2.26. The molecular formula is C13H19N. The Hall–Kier alpha value is -0.820. The number of benzene rings is 1. The summed E-state index contributed by atoms with van der Waals surface area (Å²) in [4.78, 5) is 0. The summed E-state index contributed by atoms with van der Waals surface area (Å²) < 4.78 is 0. The summed E-state index contributed by atoms with van der Waals surface area (Å²) in [7, 11) is 0. The van der Waals surface area contributed by atoms with E-state index in [2.05, 4.69) is 31.2 Å². The summed E-state index contributed by atoms with van der Waals surface area (Å²) in [6.45, 7) is 2.92. The highest BCUT2D eigenvalue weighted by molar-refractivity contribution is 5.28. The van der Waals surface area contributed by atoms with Gasteiger partial charge in [-0.1, -0.05) is 37.6 Å². The number of nitrogens with two attached hydrogens (primary N) is 1. The van der Waals surface area contributed by atoms with E-state index in [4.69, 9.17) is 5.73 Å². The molecule has 1 saturated carbocycles. The molecule has 1 aliphatic rings. The van der Waals surface area contributed by atoms with E-state index in [1.54, 1.807) is 0 Å². The molecule has 0 radical (unpaired) electrons. The maximum atomic E-state index is 5.64. The van der Waals surface area contributed by atoms with Crippen LogP contribution in [0.25, 0.3) is 0 Å². The number of hydrogen-bond donors (Lipinski definition) is 1. The van der Waals surface area contributed by atoms with Gasteiger partial charge in [-0.25, -0.2) is 0 Å². The Labute approximate surface area is 86.3 Å². The average Bonchev–Trinajstić information content (AvgIpc) is 2.15. The third-order valence-electron chi connectivity index (χ3n) is 3.44. The largest absolute Gasteiger partial charge is 0.330 e. The van der Waals surface area contributed by atoms with Crippen molar-refractivity contribution in [2.75, 3.05) is 6.54 Å². The van der Waals surface area contributed by atoms with E-state index in [0.717, 1.165) is 12.5 Å². The van der Waals surface area contributed by atoms with Crippen molar-refractivity contribution in [2.45, 2.75) is 38.0 Å². The molecule has 2 N–H and O–H groups in total. The van der Waals surface area contributed by atoms with E-state index in [9.17, 15) is 0 Å². The van der Waals surface area contributed by atoms with Gasteiger partial charge < -0.3 is 5.73 Å². The van der Waals surface area contributed by atoms with Gasteiger partial charge in [-0.2, -0.15) is 0 Å². The van der Waals surface area contributed by atoms with Crippen LogP contribution in [0.5, 0.6) is 0 Å². The molecule has 1 aromatic rings. The van der Waals surface area contributed by atoms with Gasteiger partial charge in [-0.15, -0.1) is 0 Å². The standard InChI is InChI=1S/C13H19N/c1-10(9-14)11-5-7-13(8-6-11)12-3-2-4-12/h5-8,10,12H,2-4,9,14H2,1H3. The van der Waals surface area contributed by atoms with Crippen LogP contribution in [0.15, 0.2) is 24.3 Å². The second-order valence-electron chi connectivity index (χ2n) is 4.43. The molecule has 0 aromatic heterocycles. The predicted molar refractivity (Wildman–Crippen MR) is 60.5 cm³/mol. The normalized spacial score (nSPS) is 19.0. The summed E-state index contributed by atoms with van der Waals surface area (Å²) in [6, 6.07) is 9.05. The van der Waals surface area contributed by atoms with Crippen LogP contribution in [0.4, 0.5) is 0 Å². The summed E-state index contributed by atoms with van der Waals surface area (Å²) in [5, 5.41) is 0. The Morgan fingerprint density at radius 1 is 1.29 bits per heavy atom. The first kappa shape index (κ1) is 9.72. The Morgan fingerprint density at radius 2 is 1.93 bits per heavy atom. The van der Waals surface area contributed by atoms with Crippen molar-refractivity contribution in [3.05, 3.63) is 35.4 Å². The molecule has 1 aliphatic carbocycles. The van der Waals surface area contributed by atoms with Gasteiger partial charge in [-0.3, -0.25) is 0 Å². The molecule has 0 spiro atoms. The first-order chi connectivity index (χ1) is 6.81. The quantitative estimate of drug-likeness (QED) is 0.777. The molecule has 14 heavy (non-hydrogen) atoms. The molecule has 1 fully saturated rings. The minimum absolute atomic E-state index is 0.491. The molecular weight excluding hydrogens is 170 g/mol. The Bertz CT molecular complexity index is 261. The van der Waals surface area contributed by atoms with E-state index < -0.39 is 0 Å². The maximum Gasteiger partial charge on any atom is -0.00109 e. The van der Waals surface area contributed by atoms with Crippen LogP contribution >= 0.6 is 0 Å². The summed E-state index contributed by atoms with van der Waals surface area (Å²) >= 11 is 0. The molecule has 1 aromatic carbocycles. The summed E-state index contributed by atoms with van der Waals surface area (Å²) in [5.41, 5.74) is 8.53. The fraction of sp³-hybridized carbons (Fsp3) is 0.538. The van der Waals surface area contributed by atoms with Crippen molar-refractivity contribution in [1.82, 2.24) is 0 Å². The third-order valence-corrected chi connectivity index (χ3v) is 3.44. The molecule has 1 atom stereocenters. The number of hydrogen-bond acceptors (Lipinski definition) is 1. The highest BCUT2D eigenvalue weighted by atomic mass is 14.5. The van der Waals surface area contributed by atoms with E-state index in [0.29, 0.717) is 5.92 Å². The Morgan fingerprint density at radius 3 is 2.36 bits per heavy atom. The van der Waals surface area contributed by atoms with Crippen LogP contribution < -0.4 is 5.73 Å². The molecule has 1 unspecified atom stereocenters. The highest BCUT2D eigenvalue weighted by Gasteiger charge is 2.19. The molecule has 0 bridgehead atoms. The lowest BCUT2D eigenvalue weighted by atomic mass is 9.79. The molecule has 0 amide bonds. The first-order valence-electron chi connectivity index (χ1n) is 5.61. The van der Waals surface area contributed by atoms with Crippen LogP contribution in [0, 0.1) is 0 Å². The van der Waals surface area contributed by atoms with Crippen molar-refractivity contribution >= 4 is 0 Å². The van der Waals surface area contributed by atoms with Crippen molar-refractivity contribution < 1.29 is 0 Å². The van der Waals surface area contributed by atoms with Gasteiger partial charge in [0.05, 0.1) is 0 Å². The molecule has 76 valence electrons. The SMILES string of the molecule is CC(CN)c1ccc(C2CCC2)cc1. The van der Waals surface area contributed by atoms with Crippen molar-refractivity contribution in [3.8, 4) is 0 Å².